The van der Waals surface area contributed by atoms with Gasteiger partial charge in [-0.25, -0.2) is 13.2 Å². The molecule has 0 atom stereocenters. The van der Waals surface area contributed by atoms with Gasteiger partial charge in [0.2, 0.25) is 9.84 Å². The standard InChI is InChI=1S/C19H21NO6S/c1-4-26-16-7-5-14(6-8-16)20-13-18(19(21)25-3)27(22,23)17-11-9-15(24-2)10-12-17/h5-13,20H,4H2,1-3H3/b18-13+. The summed E-state index contributed by atoms with van der Waals surface area (Å²) >= 11 is 0. The van der Waals surface area contributed by atoms with E-state index in [-0.39, 0.29) is 4.90 Å². The molecule has 0 amide bonds. The number of hydrogen-bond acceptors (Lipinski definition) is 7. The molecule has 0 spiro atoms. The lowest BCUT2D eigenvalue weighted by atomic mass is 10.3. The summed E-state index contributed by atoms with van der Waals surface area (Å²) in [4.78, 5) is 11.5. The Hall–Kier alpha value is -3.00. The monoisotopic (exact) mass is 391 g/mol. The Morgan fingerprint density at radius 3 is 2.11 bits per heavy atom. The number of carbonyl (C=O) groups excluding carboxylic acids is 1. The van der Waals surface area contributed by atoms with Crippen molar-refractivity contribution in [1.82, 2.24) is 0 Å². The summed E-state index contributed by atoms with van der Waals surface area (Å²) < 4.78 is 40.6. The fourth-order valence-electron chi connectivity index (χ4n) is 2.19. The minimum Gasteiger partial charge on any atom is -0.497 e. The fraction of sp³-hybridized carbons (Fsp3) is 0.211. The van der Waals surface area contributed by atoms with Crippen molar-refractivity contribution >= 4 is 21.5 Å². The van der Waals surface area contributed by atoms with Gasteiger partial charge >= 0.3 is 5.97 Å². The number of ether oxygens (including phenoxy) is 3. The van der Waals surface area contributed by atoms with Crippen molar-refractivity contribution < 1.29 is 27.4 Å². The summed E-state index contributed by atoms with van der Waals surface area (Å²) in [6, 6.07) is 12.6. The Balaban J connectivity index is 2.32. The molecule has 2 aromatic carbocycles. The first-order valence-electron chi connectivity index (χ1n) is 8.09. The molecule has 0 aromatic heterocycles. The molecule has 0 aliphatic heterocycles. The van der Waals surface area contributed by atoms with Crippen LogP contribution < -0.4 is 14.8 Å². The van der Waals surface area contributed by atoms with Crippen LogP contribution in [0.15, 0.2) is 64.5 Å². The van der Waals surface area contributed by atoms with Crippen LogP contribution in [0.2, 0.25) is 0 Å². The maximum atomic E-state index is 12.8. The molecular weight excluding hydrogens is 370 g/mol. The average Bonchev–Trinajstić information content (AvgIpc) is 2.69. The largest absolute Gasteiger partial charge is 0.497 e. The number of hydrogen-bond donors (Lipinski definition) is 1. The topological polar surface area (TPSA) is 90.9 Å². The van der Waals surface area contributed by atoms with Gasteiger partial charge in [-0.2, -0.15) is 0 Å². The van der Waals surface area contributed by atoms with Crippen molar-refractivity contribution in [1.29, 1.82) is 0 Å². The maximum absolute atomic E-state index is 12.8. The zero-order valence-electron chi connectivity index (χ0n) is 15.3. The minimum absolute atomic E-state index is 0.0477. The van der Waals surface area contributed by atoms with Crippen LogP contribution in [0.1, 0.15) is 6.92 Å². The third-order valence-corrected chi connectivity index (χ3v) is 5.34. The summed E-state index contributed by atoms with van der Waals surface area (Å²) in [6.07, 6.45) is 1.11. The van der Waals surface area contributed by atoms with Gasteiger partial charge in [-0.3, -0.25) is 0 Å². The van der Waals surface area contributed by atoms with Gasteiger partial charge in [0.05, 0.1) is 25.7 Å². The highest BCUT2D eigenvalue weighted by atomic mass is 32.2. The van der Waals surface area contributed by atoms with Gasteiger partial charge in [0.15, 0.2) is 4.91 Å². The number of carbonyl (C=O) groups is 1. The molecule has 2 aromatic rings. The van der Waals surface area contributed by atoms with Crippen molar-refractivity contribution in [3.8, 4) is 11.5 Å². The van der Waals surface area contributed by atoms with Gasteiger partial charge in [0.25, 0.3) is 0 Å². The van der Waals surface area contributed by atoms with E-state index in [1.165, 1.54) is 31.4 Å². The van der Waals surface area contributed by atoms with E-state index < -0.39 is 20.7 Å². The zero-order chi connectivity index (χ0) is 19.9. The fourth-order valence-corrected chi connectivity index (χ4v) is 3.46. The summed E-state index contributed by atoms with van der Waals surface area (Å²) in [5, 5.41) is 2.81. The van der Waals surface area contributed by atoms with Crippen LogP contribution in [-0.2, 0) is 19.4 Å². The first-order chi connectivity index (χ1) is 12.9. The number of anilines is 1. The maximum Gasteiger partial charge on any atom is 0.351 e. The van der Waals surface area contributed by atoms with Crippen LogP contribution in [-0.4, -0.2) is 35.2 Å². The Kier molecular flexibility index (Phi) is 6.84. The van der Waals surface area contributed by atoms with Crippen molar-refractivity contribution in [3.63, 3.8) is 0 Å². The highest BCUT2D eigenvalue weighted by molar-refractivity contribution is 7.96. The number of nitrogens with one attached hydrogen (secondary N) is 1. The van der Waals surface area contributed by atoms with E-state index in [2.05, 4.69) is 10.1 Å². The summed E-state index contributed by atoms with van der Waals surface area (Å²) in [6.45, 7) is 2.42. The van der Waals surface area contributed by atoms with E-state index in [0.717, 1.165) is 13.3 Å². The van der Waals surface area contributed by atoms with Crippen LogP contribution in [0.4, 0.5) is 5.69 Å². The highest BCUT2D eigenvalue weighted by Gasteiger charge is 2.28. The van der Waals surface area contributed by atoms with Crippen LogP contribution in [0.25, 0.3) is 0 Å². The number of rotatable bonds is 8. The van der Waals surface area contributed by atoms with Crippen LogP contribution in [0.5, 0.6) is 11.5 Å². The van der Waals surface area contributed by atoms with E-state index in [1.54, 1.807) is 24.3 Å². The van der Waals surface area contributed by atoms with E-state index in [0.29, 0.717) is 23.8 Å². The lowest BCUT2D eigenvalue weighted by Crippen LogP contribution is -2.17. The molecule has 27 heavy (non-hydrogen) atoms. The quantitative estimate of drug-likeness (QED) is 0.546. The predicted molar refractivity (Wildman–Crippen MR) is 102 cm³/mol. The molecule has 0 aliphatic rings. The third-order valence-electron chi connectivity index (χ3n) is 3.58. The average molecular weight is 391 g/mol. The first kappa shape index (κ1) is 20.3. The van der Waals surface area contributed by atoms with Gasteiger partial charge in [-0.1, -0.05) is 0 Å². The number of esters is 1. The van der Waals surface area contributed by atoms with Gasteiger partial charge in [0, 0.05) is 11.9 Å². The van der Waals surface area contributed by atoms with Crippen LogP contribution in [0.3, 0.4) is 0 Å². The molecular formula is C19H21NO6S. The van der Waals surface area contributed by atoms with Crippen LogP contribution >= 0.6 is 0 Å². The van der Waals surface area contributed by atoms with Crippen molar-refractivity contribution in [2.75, 3.05) is 26.1 Å². The number of benzene rings is 2. The van der Waals surface area contributed by atoms with E-state index in [1.807, 2.05) is 6.92 Å². The van der Waals surface area contributed by atoms with Gasteiger partial charge < -0.3 is 19.5 Å². The van der Waals surface area contributed by atoms with Gasteiger partial charge in [-0.15, -0.1) is 0 Å². The SMILES string of the molecule is CCOc1ccc(N/C=C(\C(=O)OC)S(=O)(=O)c2ccc(OC)cc2)cc1. The molecule has 0 heterocycles. The Morgan fingerprint density at radius 1 is 1.00 bits per heavy atom. The van der Waals surface area contributed by atoms with Gasteiger partial charge in [0.1, 0.15) is 11.5 Å². The second-order valence-corrected chi connectivity index (χ2v) is 7.20. The number of sulfone groups is 1. The lowest BCUT2D eigenvalue weighted by Gasteiger charge is -2.10. The highest BCUT2D eigenvalue weighted by Crippen LogP contribution is 2.23. The third kappa shape index (κ3) is 5.01. The lowest BCUT2D eigenvalue weighted by molar-refractivity contribution is -0.135. The van der Waals surface area contributed by atoms with Gasteiger partial charge in [-0.05, 0) is 55.5 Å². The predicted octanol–water partition coefficient (Wildman–Crippen LogP) is 2.99. The minimum atomic E-state index is -4.08. The zero-order valence-corrected chi connectivity index (χ0v) is 16.1. The van der Waals surface area contributed by atoms with Crippen LogP contribution in [0, 0.1) is 0 Å². The van der Waals surface area contributed by atoms with Crippen molar-refractivity contribution in [2.45, 2.75) is 11.8 Å². The smallest absolute Gasteiger partial charge is 0.351 e. The molecule has 2 rings (SSSR count). The molecule has 0 saturated heterocycles. The molecule has 8 heteroatoms. The van der Waals surface area contributed by atoms with E-state index in [4.69, 9.17) is 9.47 Å². The van der Waals surface area contributed by atoms with Crippen molar-refractivity contribution in [3.05, 3.63) is 59.6 Å². The summed E-state index contributed by atoms with van der Waals surface area (Å²) in [5.74, 6) is 0.223. The number of methoxy groups -OCH3 is 2. The summed E-state index contributed by atoms with van der Waals surface area (Å²) in [7, 11) is -1.48. The second-order valence-electron chi connectivity index (χ2n) is 5.28. The molecule has 0 bridgehead atoms. The molecule has 7 nitrogen and oxygen atoms in total. The molecule has 0 aliphatic carbocycles. The molecule has 144 valence electrons. The second kappa shape index (κ2) is 9.09. The normalized spacial score (nSPS) is 11.6. The Morgan fingerprint density at radius 2 is 1.59 bits per heavy atom. The molecule has 0 fully saturated rings. The molecule has 0 saturated carbocycles. The van der Waals surface area contributed by atoms with Crippen molar-refractivity contribution in [2.24, 2.45) is 0 Å². The summed E-state index contributed by atoms with van der Waals surface area (Å²) in [5.41, 5.74) is 0.588. The molecule has 0 unspecified atom stereocenters. The first-order valence-corrected chi connectivity index (χ1v) is 9.57. The molecule has 1 N–H and O–H groups in total. The Labute approximate surface area is 158 Å². The van der Waals surface area contributed by atoms with E-state index in [9.17, 15) is 13.2 Å². The molecule has 0 radical (unpaired) electrons. The van der Waals surface area contributed by atoms with E-state index >= 15 is 0 Å². The Bertz CT molecular complexity index is 902.